The Morgan fingerprint density at radius 3 is 0.833 bits per heavy atom. The summed E-state index contributed by atoms with van der Waals surface area (Å²) in [6, 6.07) is 0. The van der Waals surface area contributed by atoms with E-state index in [1.54, 1.807) is 0 Å². The number of hydrogen-bond acceptors (Lipinski definition) is 0. The first-order chi connectivity index (χ1) is 1.73. The fourth-order valence-corrected chi connectivity index (χ4v) is 0. The van der Waals surface area contributed by atoms with E-state index < -0.39 is 20.2 Å². The average molecular weight is 203 g/mol. The summed E-state index contributed by atoms with van der Waals surface area (Å²) in [4.78, 5) is 7.05. The molecule has 0 aliphatic heterocycles. The van der Waals surface area contributed by atoms with Crippen molar-refractivity contribution in [2.24, 2.45) is 0 Å². The normalized spacial score (nSPS) is 6.00. The van der Waals surface area contributed by atoms with Gasteiger partial charge in [-0.05, 0) is 0 Å². The minimum absolute atomic E-state index is 0. The quantitative estimate of drug-likeness (QED) is 0.486. The first kappa shape index (κ1) is 15.9. The molecule has 0 unspecified atom stereocenters. The van der Waals surface area contributed by atoms with Crippen molar-refractivity contribution >= 4 is 20.2 Å². The second-order valence-corrected chi connectivity index (χ2v) is 9.00. The van der Waals surface area contributed by atoms with E-state index in [2.05, 4.69) is 14.6 Å². The Bertz CT molecular complexity index is 13.5. The SMILES string of the molecule is O.O.[CH3][Sb]([CH3])[CH3]. The van der Waals surface area contributed by atoms with Crippen LogP contribution in [0.3, 0.4) is 0 Å². The molecule has 3 heteroatoms. The summed E-state index contributed by atoms with van der Waals surface area (Å²) in [5.74, 6) is 0. The summed E-state index contributed by atoms with van der Waals surface area (Å²) >= 11 is -0.450. The molecule has 0 aliphatic carbocycles. The summed E-state index contributed by atoms with van der Waals surface area (Å²) in [5.41, 5.74) is 0. The Morgan fingerprint density at radius 1 is 0.833 bits per heavy atom. The molecule has 0 radical (unpaired) electrons. The van der Waals surface area contributed by atoms with Gasteiger partial charge in [-0.15, -0.1) is 0 Å². The van der Waals surface area contributed by atoms with Crippen LogP contribution in [0.4, 0.5) is 0 Å². The molecule has 0 heterocycles. The standard InChI is InChI=1S/3CH3.2H2O.Sb/h3*1H3;2*1H2;. The molecule has 6 heavy (non-hydrogen) atoms. The van der Waals surface area contributed by atoms with Gasteiger partial charge in [0.05, 0.1) is 0 Å². The van der Waals surface area contributed by atoms with E-state index >= 15 is 0 Å². The molecular formula is C3H13O2Sb. The van der Waals surface area contributed by atoms with Crippen molar-refractivity contribution in [2.75, 3.05) is 0 Å². The van der Waals surface area contributed by atoms with Crippen molar-refractivity contribution in [2.45, 2.75) is 14.6 Å². The van der Waals surface area contributed by atoms with E-state index in [0.717, 1.165) is 0 Å². The van der Waals surface area contributed by atoms with E-state index in [9.17, 15) is 0 Å². The molecule has 0 fully saturated rings. The van der Waals surface area contributed by atoms with Gasteiger partial charge < -0.3 is 11.0 Å². The van der Waals surface area contributed by atoms with Gasteiger partial charge in [-0.2, -0.15) is 0 Å². The average Bonchev–Trinajstić information content (AvgIpc) is 0.811. The second-order valence-electron chi connectivity index (χ2n) is 1.34. The summed E-state index contributed by atoms with van der Waals surface area (Å²) in [5, 5.41) is 0. The van der Waals surface area contributed by atoms with Gasteiger partial charge in [0.15, 0.2) is 0 Å². The zero-order chi connectivity index (χ0) is 3.58. The molecule has 0 saturated carbocycles. The van der Waals surface area contributed by atoms with Crippen molar-refractivity contribution in [1.82, 2.24) is 0 Å². The molecule has 0 aromatic carbocycles. The van der Waals surface area contributed by atoms with Gasteiger partial charge in [-0.3, -0.25) is 0 Å². The van der Waals surface area contributed by atoms with Gasteiger partial charge in [0.1, 0.15) is 0 Å². The van der Waals surface area contributed by atoms with Gasteiger partial charge in [0, 0.05) is 0 Å². The third-order valence-electron chi connectivity index (χ3n) is 0. The van der Waals surface area contributed by atoms with Crippen molar-refractivity contribution in [1.29, 1.82) is 0 Å². The molecule has 0 bridgehead atoms. The fraction of sp³-hybridized carbons (Fsp3) is 1.00. The van der Waals surface area contributed by atoms with Crippen molar-refractivity contribution in [3.63, 3.8) is 0 Å². The maximum absolute atomic E-state index is 2.35. The van der Waals surface area contributed by atoms with E-state index in [1.807, 2.05) is 0 Å². The molecule has 0 aromatic rings. The Labute approximate surface area is 46.1 Å². The molecule has 0 amide bonds. The van der Waals surface area contributed by atoms with Crippen LogP contribution in [0, 0.1) is 0 Å². The van der Waals surface area contributed by atoms with Crippen molar-refractivity contribution < 1.29 is 11.0 Å². The first-order valence-electron chi connectivity index (χ1n) is 1.34. The zero-order valence-electron chi connectivity index (χ0n) is 4.45. The summed E-state index contributed by atoms with van der Waals surface area (Å²) in [7, 11) is 0. The van der Waals surface area contributed by atoms with E-state index in [4.69, 9.17) is 0 Å². The van der Waals surface area contributed by atoms with Crippen molar-refractivity contribution in [3.8, 4) is 0 Å². The third-order valence-corrected chi connectivity index (χ3v) is 0. The number of rotatable bonds is 0. The predicted molar refractivity (Wildman–Crippen MR) is 30.6 cm³/mol. The van der Waals surface area contributed by atoms with Gasteiger partial charge in [-0.1, -0.05) is 0 Å². The first-order valence-corrected chi connectivity index (χ1v) is 9.00. The van der Waals surface area contributed by atoms with E-state index in [-0.39, 0.29) is 11.0 Å². The molecule has 0 spiro atoms. The molecule has 4 N–H and O–H groups in total. The molecule has 0 aliphatic rings. The monoisotopic (exact) mass is 202 g/mol. The molecule has 0 saturated heterocycles. The second kappa shape index (κ2) is 9.22. The van der Waals surface area contributed by atoms with Gasteiger partial charge >= 0.3 is 34.8 Å². The molecule has 0 rings (SSSR count). The Hall–Kier alpha value is 0.738. The van der Waals surface area contributed by atoms with Crippen LogP contribution >= 0.6 is 0 Å². The summed E-state index contributed by atoms with van der Waals surface area (Å²) in [6.45, 7) is 0. The molecular weight excluding hydrogens is 190 g/mol. The molecule has 2 nitrogen and oxygen atoms in total. The predicted octanol–water partition coefficient (Wildman–Crippen LogP) is -0.279. The Balaban J connectivity index is -0.0000000450. The molecule has 42 valence electrons. The molecule has 0 atom stereocenters. The van der Waals surface area contributed by atoms with Crippen LogP contribution in [0.2, 0.25) is 14.6 Å². The maximum atomic E-state index is 2.35. The van der Waals surface area contributed by atoms with E-state index in [0.29, 0.717) is 0 Å². The van der Waals surface area contributed by atoms with Crippen molar-refractivity contribution in [3.05, 3.63) is 0 Å². The van der Waals surface area contributed by atoms with Crippen LogP contribution in [-0.2, 0) is 0 Å². The van der Waals surface area contributed by atoms with Crippen LogP contribution in [-0.4, -0.2) is 31.2 Å². The van der Waals surface area contributed by atoms with Crippen LogP contribution < -0.4 is 0 Å². The minimum atomic E-state index is -0.450. The Morgan fingerprint density at radius 2 is 0.833 bits per heavy atom. The molecule has 0 aromatic heterocycles. The fourth-order valence-electron chi connectivity index (χ4n) is 0. The van der Waals surface area contributed by atoms with Gasteiger partial charge in [0.2, 0.25) is 0 Å². The Kier molecular flexibility index (Phi) is 24.4. The summed E-state index contributed by atoms with van der Waals surface area (Å²) in [6.07, 6.45) is 0. The zero-order valence-corrected chi connectivity index (χ0v) is 7.00. The van der Waals surface area contributed by atoms with Gasteiger partial charge in [-0.25, -0.2) is 0 Å². The number of hydrogen-bond donors (Lipinski definition) is 0. The third kappa shape index (κ3) is 122. The van der Waals surface area contributed by atoms with Gasteiger partial charge in [0.25, 0.3) is 0 Å². The van der Waals surface area contributed by atoms with Crippen LogP contribution in [0.15, 0.2) is 0 Å². The van der Waals surface area contributed by atoms with Crippen LogP contribution in [0.5, 0.6) is 0 Å². The van der Waals surface area contributed by atoms with Crippen LogP contribution in [0.1, 0.15) is 0 Å². The van der Waals surface area contributed by atoms with Crippen LogP contribution in [0.25, 0.3) is 0 Å². The topological polar surface area (TPSA) is 63.0 Å². The van der Waals surface area contributed by atoms with E-state index in [1.165, 1.54) is 0 Å². The summed E-state index contributed by atoms with van der Waals surface area (Å²) < 4.78 is 0.